The zero-order valence-corrected chi connectivity index (χ0v) is 11.3. The lowest BCUT2D eigenvalue weighted by atomic mass is 10.4. The van der Waals surface area contributed by atoms with Gasteiger partial charge < -0.3 is 9.07 Å². The molecular weight excluding hydrogens is 208 g/mol. The third-order valence-corrected chi connectivity index (χ3v) is 6.91. The Bertz CT molecular complexity index is 292. The molecule has 0 amide bonds. The smallest absolute Gasteiger partial charge is 0.336 e. The molecule has 0 saturated heterocycles. The summed E-state index contributed by atoms with van der Waals surface area (Å²) in [6.07, 6.45) is 0. The summed E-state index contributed by atoms with van der Waals surface area (Å²) < 4.78 is 1.32. The van der Waals surface area contributed by atoms with Crippen LogP contribution in [-0.4, -0.2) is 27.3 Å². The molecule has 0 atom stereocenters. The summed E-state index contributed by atoms with van der Waals surface area (Å²) in [7, 11) is 4.50. The van der Waals surface area contributed by atoms with Crippen LogP contribution in [-0.2, 0) is 0 Å². The Balaban J connectivity index is 2.98. The Labute approximate surface area is 94.5 Å². The highest BCUT2D eigenvalue weighted by Gasteiger charge is 2.18. The predicted octanol–water partition coefficient (Wildman–Crippen LogP) is 1.81. The molecular formula is C10H13ClMgSi. The average molecular weight is 221 g/mol. The van der Waals surface area contributed by atoms with E-state index in [0.29, 0.717) is 0 Å². The highest BCUT2D eigenvalue weighted by molar-refractivity contribution is 7.01. The molecule has 1 rings (SSSR count). The molecule has 0 saturated carbocycles. The highest BCUT2D eigenvalue weighted by atomic mass is 35.5. The second-order valence-electron chi connectivity index (χ2n) is 3.76. The molecule has 0 fully saturated rings. The van der Waals surface area contributed by atoms with Crippen molar-refractivity contribution < 1.29 is 0 Å². The Morgan fingerprint density at radius 3 is 2.23 bits per heavy atom. The van der Waals surface area contributed by atoms with Gasteiger partial charge in [-0.2, -0.15) is 0 Å². The minimum atomic E-state index is -1.35. The second-order valence-corrected chi connectivity index (χ2v) is 10.1. The zero-order chi connectivity index (χ0) is 9.90. The SMILES string of the molecule is C=C[Si](C)(C)c1cc[c]([Mg][Cl])cc1. The average Bonchev–Trinajstić information content (AvgIpc) is 2.18. The fraction of sp³-hybridized carbons (Fsp3) is 0.200. The van der Waals surface area contributed by atoms with E-state index in [1.54, 1.807) is 0 Å². The largest absolute Gasteiger partial charge is 0.538 e. The molecule has 0 nitrogen and oxygen atoms in total. The lowest BCUT2D eigenvalue weighted by molar-refractivity contribution is 1.75. The van der Waals surface area contributed by atoms with E-state index in [9.17, 15) is 0 Å². The first-order valence-corrected chi connectivity index (χ1v) is 10.3. The van der Waals surface area contributed by atoms with Crippen LogP contribution < -0.4 is 8.88 Å². The van der Waals surface area contributed by atoms with E-state index < -0.39 is 27.3 Å². The van der Waals surface area contributed by atoms with E-state index in [-0.39, 0.29) is 0 Å². The van der Waals surface area contributed by atoms with Gasteiger partial charge in [-0.05, 0) is 0 Å². The van der Waals surface area contributed by atoms with Gasteiger partial charge in [-0.15, -0.1) is 10.3 Å². The summed E-state index contributed by atoms with van der Waals surface area (Å²) in [6, 6.07) is 8.73. The third-order valence-electron chi connectivity index (χ3n) is 2.36. The van der Waals surface area contributed by atoms with Crippen LogP contribution in [0.1, 0.15) is 0 Å². The number of benzene rings is 1. The van der Waals surface area contributed by atoms with Gasteiger partial charge in [0, 0.05) is 0 Å². The van der Waals surface area contributed by atoms with Gasteiger partial charge in [-0.1, -0.05) is 48.2 Å². The molecule has 3 heteroatoms. The first-order valence-electron chi connectivity index (χ1n) is 4.39. The van der Waals surface area contributed by atoms with Gasteiger partial charge in [0.1, 0.15) is 8.07 Å². The fourth-order valence-electron chi connectivity index (χ4n) is 1.14. The van der Waals surface area contributed by atoms with Crippen molar-refractivity contribution in [3.63, 3.8) is 0 Å². The standard InChI is InChI=1S/C10H13Si.ClH.Mg/c1-4-11(2,3)10-8-6-5-7-9-10;;/h4,6-9H,1H2,2-3H3;1H;/q;;+1/p-1. The molecule has 66 valence electrons. The molecule has 0 radical (unpaired) electrons. The van der Waals surface area contributed by atoms with Crippen LogP contribution >= 0.6 is 9.07 Å². The van der Waals surface area contributed by atoms with Crippen molar-refractivity contribution in [2.24, 2.45) is 0 Å². The van der Waals surface area contributed by atoms with E-state index >= 15 is 0 Å². The van der Waals surface area contributed by atoms with Crippen LogP contribution in [0.2, 0.25) is 13.1 Å². The van der Waals surface area contributed by atoms with Gasteiger partial charge in [-0.25, -0.2) is 0 Å². The van der Waals surface area contributed by atoms with Crippen molar-refractivity contribution in [1.29, 1.82) is 0 Å². The molecule has 0 aliphatic carbocycles. The van der Waals surface area contributed by atoms with Gasteiger partial charge in [-0.3, -0.25) is 0 Å². The third kappa shape index (κ3) is 2.84. The second kappa shape index (κ2) is 4.64. The van der Waals surface area contributed by atoms with Gasteiger partial charge in [0.05, 0.1) is 0 Å². The monoisotopic (exact) mass is 220 g/mol. The Hall–Kier alpha value is 0.233. The Morgan fingerprint density at radius 2 is 1.85 bits per heavy atom. The van der Waals surface area contributed by atoms with Crippen LogP contribution in [0, 0.1) is 0 Å². The summed E-state index contributed by atoms with van der Waals surface area (Å²) in [6.45, 7) is 8.49. The summed E-state index contributed by atoms with van der Waals surface area (Å²) in [4.78, 5) is 0. The van der Waals surface area contributed by atoms with Crippen LogP contribution in [0.15, 0.2) is 36.5 Å². The fourth-order valence-corrected chi connectivity index (χ4v) is 3.35. The lowest BCUT2D eigenvalue weighted by Crippen LogP contribution is -2.39. The summed E-state index contributed by atoms with van der Waals surface area (Å²) >= 11 is -0.513. The molecule has 0 unspecified atom stereocenters. The molecule has 0 spiro atoms. The predicted molar refractivity (Wildman–Crippen MR) is 65.0 cm³/mol. The minimum Gasteiger partial charge on any atom is -0.336 e. The number of hydrogen-bond acceptors (Lipinski definition) is 0. The molecule has 0 heterocycles. The van der Waals surface area contributed by atoms with E-state index in [1.165, 1.54) is 8.88 Å². The molecule has 0 aromatic heterocycles. The van der Waals surface area contributed by atoms with Gasteiger partial charge in [0.25, 0.3) is 0 Å². The maximum absolute atomic E-state index is 5.86. The van der Waals surface area contributed by atoms with E-state index in [2.05, 4.69) is 49.6 Å². The maximum Gasteiger partial charge on any atom is 0.538 e. The zero-order valence-electron chi connectivity index (χ0n) is 8.18. The summed E-state index contributed by atoms with van der Waals surface area (Å²) in [5.41, 5.74) is 2.11. The lowest BCUT2D eigenvalue weighted by Gasteiger charge is -2.17. The quantitative estimate of drug-likeness (QED) is 0.683. The normalized spacial score (nSPS) is 10.7. The number of halogens is 1. The first-order chi connectivity index (χ1) is 6.10. The molecule has 0 aliphatic rings. The van der Waals surface area contributed by atoms with Crippen molar-refractivity contribution in [1.82, 2.24) is 0 Å². The molecule has 0 N–H and O–H groups in total. The van der Waals surface area contributed by atoms with E-state index in [4.69, 9.17) is 9.07 Å². The maximum atomic E-state index is 5.86. The molecule has 1 aromatic rings. The Morgan fingerprint density at radius 1 is 1.31 bits per heavy atom. The van der Waals surface area contributed by atoms with Crippen LogP contribution in [0.4, 0.5) is 0 Å². The summed E-state index contributed by atoms with van der Waals surface area (Å²) in [5, 5.41) is 1.44. The molecule has 0 bridgehead atoms. The van der Waals surface area contributed by atoms with Crippen LogP contribution in [0.5, 0.6) is 0 Å². The van der Waals surface area contributed by atoms with Crippen molar-refractivity contribution in [3.05, 3.63) is 36.5 Å². The summed E-state index contributed by atoms with van der Waals surface area (Å²) in [5.74, 6) is 0. The van der Waals surface area contributed by atoms with Crippen molar-refractivity contribution >= 4 is 45.3 Å². The Kier molecular flexibility index (Phi) is 4.04. The van der Waals surface area contributed by atoms with Crippen molar-refractivity contribution in [2.45, 2.75) is 13.1 Å². The van der Waals surface area contributed by atoms with Crippen molar-refractivity contribution in [2.75, 3.05) is 0 Å². The van der Waals surface area contributed by atoms with E-state index in [0.717, 1.165) is 0 Å². The topological polar surface area (TPSA) is 0 Å². The van der Waals surface area contributed by atoms with Crippen molar-refractivity contribution in [3.8, 4) is 0 Å². The van der Waals surface area contributed by atoms with Gasteiger partial charge in [0.2, 0.25) is 0 Å². The number of rotatable bonds is 3. The van der Waals surface area contributed by atoms with E-state index in [1.807, 2.05) is 0 Å². The molecule has 0 aliphatic heterocycles. The van der Waals surface area contributed by atoms with Crippen LogP contribution in [0.25, 0.3) is 0 Å². The molecule has 13 heavy (non-hydrogen) atoms. The number of hydrogen-bond donors (Lipinski definition) is 0. The van der Waals surface area contributed by atoms with Crippen LogP contribution in [0.3, 0.4) is 0 Å². The first kappa shape index (κ1) is 11.3. The van der Waals surface area contributed by atoms with Gasteiger partial charge >= 0.3 is 19.3 Å². The van der Waals surface area contributed by atoms with Gasteiger partial charge in [0.15, 0.2) is 0 Å². The molecule has 1 aromatic carbocycles. The highest BCUT2D eigenvalue weighted by Crippen LogP contribution is 2.02. The minimum absolute atomic E-state index is 0.513.